The number of nitrogens with one attached hydrogen (secondary N) is 1. The highest BCUT2D eigenvalue weighted by molar-refractivity contribution is 5.81. The van der Waals surface area contributed by atoms with Crippen LogP contribution in [0.15, 0.2) is 0 Å². The summed E-state index contributed by atoms with van der Waals surface area (Å²) in [6.45, 7) is 9.05. The maximum absolute atomic E-state index is 12.2. The second kappa shape index (κ2) is 6.99. The highest BCUT2D eigenvalue weighted by Gasteiger charge is 2.53. The topological polar surface area (TPSA) is 88.4 Å². The fraction of sp³-hybridized carbons (Fsp3) is 0.812. The summed E-state index contributed by atoms with van der Waals surface area (Å²) >= 11 is 0. The molecule has 2 atom stereocenters. The first-order valence-corrected chi connectivity index (χ1v) is 7.72. The van der Waals surface area contributed by atoms with Gasteiger partial charge in [0.05, 0.1) is 12.7 Å². The van der Waals surface area contributed by atoms with Crippen LogP contribution in [0.2, 0.25) is 0 Å². The van der Waals surface area contributed by atoms with Gasteiger partial charge in [-0.05, 0) is 59.8 Å². The van der Waals surface area contributed by atoms with Gasteiger partial charge in [0.1, 0.15) is 5.60 Å². The third kappa shape index (κ3) is 4.90. The molecule has 0 heterocycles. The quantitative estimate of drug-likeness (QED) is 0.762. The normalized spacial score (nSPS) is 18.5. The summed E-state index contributed by atoms with van der Waals surface area (Å²) in [4.78, 5) is 24.0. The molecule has 1 amide bonds. The molecule has 6 heteroatoms. The minimum atomic E-state index is -1.18. The number of amides is 1. The molecule has 0 saturated heterocycles. The van der Waals surface area contributed by atoms with Gasteiger partial charge in [-0.2, -0.15) is 5.26 Å². The first-order chi connectivity index (χ1) is 10.1. The van der Waals surface area contributed by atoms with Crippen molar-refractivity contribution in [2.75, 3.05) is 6.61 Å². The summed E-state index contributed by atoms with van der Waals surface area (Å²) in [5.74, 6) is -0.475. The molecule has 0 aromatic carbocycles. The van der Waals surface area contributed by atoms with Crippen molar-refractivity contribution < 1.29 is 19.1 Å². The molecule has 0 spiro atoms. The van der Waals surface area contributed by atoms with E-state index in [9.17, 15) is 14.9 Å². The van der Waals surface area contributed by atoms with Crippen LogP contribution in [0.1, 0.15) is 53.9 Å². The number of hydrogen-bond donors (Lipinski definition) is 1. The smallest absolute Gasteiger partial charge is 0.407 e. The molecule has 6 nitrogen and oxygen atoms in total. The third-order valence-corrected chi connectivity index (χ3v) is 3.50. The van der Waals surface area contributed by atoms with Gasteiger partial charge in [0, 0.05) is 6.04 Å². The average Bonchev–Trinajstić information content (AvgIpc) is 3.18. The predicted octanol–water partition coefficient (Wildman–Crippen LogP) is 2.77. The first-order valence-electron chi connectivity index (χ1n) is 7.72. The van der Waals surface area contributed by atoms with E-state index in [2.05, 4.69) is 11.4 Å². The van der Waals surface area contributed by atoms with E-state index in [1.807, 2.05) is 0 Å². The van der Waals surface area contributed by atoms with E-state index in [1.165, 1.54) is 0 Å². The molecule has 22 heavy (non-hydrogen) atoms. The summed E-state index contributed by atoms with van der Waals surface area (Å²) in [7, 11) is 0. The lowest BCUT2D eigenvalue weighted by Crippen LogP contribution is -2.44. The number of nitrogens with zero attached hydrogens (tertiary/aromatic N) is 1. The molecular formula is C16H26N2O4. The molecule has 0 aliphatic heterocycles. The Kier molecular flexibility index (Phi) is 5.81. The number of rotatable bonds is 6. The number of carbonyl (C=O) groups excluding carboxylic acids is 2. The molecule has 1 aliphatic carbocycles. The van der Waals surface area contributed by atoms with Gasteiger partial charge in [-0.15, -0.1) is 0 Å². The van der Waals surface area contributed by atoms with Crippen molar-refractivity contribution in [1.29, 1.82) is 5.26 Å². The fourth-order valence-corrected chi connectivity index (χ4v) is 2.48. The Hall–Kier alpha value is -1.77. The van der Waals surface area contributed by atoms with Crippen molar-refractivity contribution in [3.63, 3.8) is 0 Å². The number of alkyl carbamates (subject to hydrolysis) is 1. The molecule has 124 valence electrons. The van der Waals surface area contributed by atoms with Crippen molar-refractivity contribution in [1.82, 2.24) is 5.32 Å². The van der Waals surface area contributed by atoms with Gasteiger partial charge < -0.3 is 14.8 Å². The lowest BCUT2D eigenvalue weighted by Gasteiger charge is -2.28. The third-order valence-electron chi connectivity index (χ3n) is 3.50. The van der Waals surface area contributed by atoms with Crippen molar-refractivity contribution in [3.05, 3.63) is 0 Å². The van der Waals surface area contributed by atoms with Crippen LogP contribution in [0.3, 0.4) is 0 Å². The van der Waals surface area contributed by atoms with Crippen molar-refractivity contribution in [2.45, 2.75) is 65.5 Å². The fourth-order valence-electron chi connectivity index (χ4n) is 2.48. The monoisotopic (exact) mass is 310 g/mol. The molecule has 0 aromatic heterocycles. The average molecular weight is 310 g/mol. The zero-order valence-electron chi connectivity index (χ0n) is 14.1. The molecule has 1 fully saturated rings. The Morgan fingerprint density at radius 1 is 1.36 bits per heavy atom. The molecule has 1 unspecified atom stereocenters. The van der Waals surface area contributed by atoms with Crippen LogP contribution in [-0.2, 0) is 14.3 Å². The molecule has 1 aliphatic rings. The largest absolute Gasteiger partial charge is 0.465 e. The maximum Gasteiger partial charge on any atom is 0.407 e. The standard InChI is InChI=1S/C16H26N2O4/c1-6-21-13(19)16(10-17,12-7-8-12)9-11(2)18-14(20)22-15(3,4)5/h11-12H,6-9H2,1-5H3,(H,18,20)/t11-,16?/m0/s1. The summed E-state index contributed by atoms with van der Waals surface area (Å²) < 4.78 is 10.3. The van der Waals surface area contributed by atoms with Crippen LogP contribution >= 0.6 is 0 Å². The minimum absolute atomic E-state index is 0.0134. The van der Waals surface area contributed by atoms with E-state index in [4.69, 9.17) is 9.47 Å². The van der Waals surface area contributed by atoms with Crippen molar-refractivity contribution >= 4 is 12.1 Å². The van der Waals surface area contributed by atoms with Crippen LogP contribution in [0.5, 0.6) is 0 Å². The number of nitriles is 1. The number of ether oxygens (including phenoxy) is 2. The van der Waals surface area contributed by atoms with Crippen LogP contribution in [0.25, 0.3) is 0 Å². The number of hydrogen-bond acceptors (Lipinski definition) is 5. The van der Waals surface area contributed by atoms with Gasteiger partial charge in [-0.25, -0.2) is 4.79 Å². The zero-order valence-corrected chi connectivity index (χ0v) is 14.1. The number of carbonyl (C=O) groups is 2. The Morgan fingerprint density at radius 2 is 1.95 bits per heavy atom. The first kappa shape index (κ1) is 18.3. The van der Waals surface area contributed by atoms with E-state index < -0.39 is 23.1 Å². The van der Waals surface area contributed by atoms with Crippen LogP contribution < -0.4 is 5.32 Å². The highest BCUT2D eigenvalue weighted by Crippen LogP contribution is 2.49. The van der Waals surface area contributed by atoms with E-state index in [1.54, 1.807) is 34.6 Å². The lowest BCUT2D eigenvalue weighted by molar-refractivity contribution is -0.153. The summed E-state index contributed by atoms with van der Waals surface area (Å²) in [6.07, 6.45) is 1.36. The Bertz CT molecular complexity index is 460. The predicted molar refractivity (Wildman–Crippen MR) is 80.9 cm³/mol. The second-order valence-corrected chi connectivity index (χ2v) is 6.83. The van der Waals surface area contributed by atoms with E-state index in [0.717, 1.165) is 12.8 Å². The maximum atomic E-state index is 12.2. The molecular weight excluding hydrogens is 284 g/mol. The Balaban J connectivity index is 2.72. The van der Waals surface area contributed by atoms with Crippen LogP contribution in [0, 0.1) is 22.7 Å². The zero-order chi connectivity index (χ0) is 17.0. The van der Waals surface area contributed by atoms with Gasteiger partial charge in [-0.1, -0.05) is 0 Å². The second-order valence-electron chi connectivity index (χ2n) is 6.83. The molecule has 0 aromatic rings. The van der Waals surface area contributed by atoms with E-state index in [-0.39, 0.29) is 25.0 Å². The molecule has 1 saturated carbocycles. The summed E-state index contributed by atoms with van der Waals surface area (Å²) in [5, 5.41) is 12.2. The van der Waals surface area contributed by atoms with E-state index >= 15 is 0 Å². The van der Waals surface area contributed by atoms with Gasteiger partial charge in [0.25, 0.3) is 0 Å². The summed E-state index contributed by atoms with van der Waals surface area (Å²) in [6, 6.07) is 1.79. The Labute approximate surface area is 132 Å². The van der Waals surface area contributed by atoms with Crippen molar-refractivity contribution in [3.8, 4) is 6.07 Å². The minimum Gasteiger partial charge on any atom is -0.465 e. The van der Waals surface area contributed by atoms with Gasteiger partial charge >= 0.3 is 12.1 Å². The van der Waals surface area contributed by atoms with Crippen LogP contribution in [-0.4, -0.2) is 30.3 Å². The van der Waals surface area contributed by atoms with Crippen molar-refractivity contribution in [2.24, 2.45) is 11.3 Å². The van der Waals surface area contributed by atoms with Gasteiger partial charge in [0.15, 0.2) is 5.41 Å². The number of esters is 1. The molecule has 0 bridgehead atoms. The SMILES string of the molecule is CCOC(=O)C(C#N)(C[C@H](C)NC(=O)OC(C)(C)C)C1CC1. The molecule has 0 radical (unpaired) electrons. The van der Waals surface area contributed by atoms with Crippen LogP contribution in [0.4, 0.5) is 4.79 Å². The summed E-state index contributed by atoms with van der Waals surface area (Å²) in [5.41, 5.74) is -1.77. The van der Waals surface area contributed by atoms with Gasteiger partial charge in [-0.3, -0.25) is 4.79 Å². The Morgan fingerprint density at radius 3 is 2.36 bits per heavy atom. The molecule has 1 rings (SSSR count). The van der Waals surface area contributed by atoms with Gasteiger partial charge in [0.2, 0.25) is 0 Å². The molecule has 1 N–H and O–H groups in total. The van der Waals surface area contributed by atoms with E-state index in [0.29, 0.717) is 0 Å². The highest BCUT2D eigenvalue weighted by atomic mass is 16.6. The lowest BCUT2D eigenvalue weighted by atomic mass is 9.78.